The zero-order valence-electron chi connectivity index (χ0n) is 9.16. The zero-order valence-corrected chi connectivity index (χ0v) is 9.16. The first-order chi connectivity index (χ1) is 8.56. The summed E-state index contributed by atoms with van der Waals surface area (Å²) in [6, 6.07) is 2.00. The highest BCUT2D eigenvalue weighted by Gasteiger charge is 2.11. The molecule has 0 aromatic heterocycles. The number of nitrogens with zero attached hydrogens (tertiary/aromatic N) is 3. The molecule has 1 aromatic rings. The van der Waals surface area contributed by atoms with E-state index >= 15 is 0 Å². The molecule has 0 amide bonds. The lowest BCUT2D eigenvalue weighted by atomic mass is 10.1. The molecule has 0 aliphatic heterocycles. The molecule has 0 saturated heterocycles. The van der Waals surface area contributed by atoms with Crippen LogP contribution in [0.2, 0.25) is 0 Å². The van der Waals surface area contributed by atoms with Gasteiger partial charge in [-0.15, -0.1) is 0 Å². The van der Waals surface area contributed by atoms with Gasteiger partial charge in [0.25, 0.3) is 0 Å². The fourth-order valence-corrected chi connectivity index (χ4v) is 1.16. The van der Waals surface area contributed by atoms with E-state index in [0.717, 1.165) is 12.1 Å². The monoisotopic (exact) mass is 247 g/mol. The summed E-state index contributed by atoms with van der Waals surface area (Å²) in [7, 11) is 0. The summed E-state index contributed by atoms with van der Waals surface area (Å²) < 4.78 is 0. The summed E-state index contributed by atoms with van der Waals surface area (Å²) in [6.07, 6.45) is 0.267. The largest absolute Gasteiger partial charge is 0.506 e. The van der Waals surface area contributed by atoms with Gasteiger partial charge in [-0.05, 0) is 17.7 Å². The molecule has 1 rings (SSSR count). The first-order valence-corrected chi connectivity index (χ1v) is 4.85. The van der Waals surface area contributed by atoms with Gasteiger partial charge in [0.1, 0.15) is 17.1 Å². The van der Waals surface area contributed by atoms with Crippen molar-refractivity contribution >= 4 is 5.97 Å². The Labute approximate surface area is 102 Å². The molecule has 0 aliphatic rings. The molecule has 0 atom stereocenters. The molecule has 3 N–H and O–H groups in total. The van der Waals surface area contributed by atoms with Crippen LogP contribution < -0.4 is 0 Å². The van der Waals surface area contributed by atoms with E-state index in [-0.39, 0.29) is 24.1 Å². The highest BCUT2D eigenvalue weighted by molar-refractivity contribution is 5.89. The number of phenolic OH excluding ortho intramolecular Hbond substituents is 2. The normalized spacial score (nSPS) is 8.89. The number of aromatic carboxylic acids is 1. The van der Waals surface area contributed by atoms with E-state index in [1.165, 1.54) is 0 Å². The van der Waals surface area contributed by atoms with Crippen LogP contribution in [-0.4, -0.2) is 27.8 Å². The van der Waals surface area contributed by atoms with Crippen LogP contribution in [-0.2, 0) is 0 Å². The van der Waals surface area contributed by atoms with Crippen molar-refractivity contribution in [2.75, 3.05) is 6.54 Å². The Kier molecular flexibility index (Phi) is 4.43. The number of carboxylic acid groups (broad SMARTS) is 1. The molecule has 18 heavy (non-hydrogen) atoms. The summed E-state index contributed by atoms with van der Waals surface area (Å²) in [5.41, 5.74) is 7.74. The molecular formula is C11H9N3O4. The van der Waals surface area contributed by atoms with E-state index in [4.69, 9.17) is 10.6 Å². The number of benzene rings is 1. The van der Waals surface area contributed by atoms with E-state index < -0.39 is 17.5 Å². The van der Waals surface area contributed by atoms with Gasteiger partial charge < -0.3 is 15.3 Å². The lowest BCUT2D eigenvalue weighted by molar-refractivity contribution is 0.0696. The predicted molar refractivity (Wildman–Crippen MR) is 62.2 cm³/mol. The fourth-order valence-electron chi connectivity index (χ4n) is 1.16. The molecule has 7 nitrogen and oxygen atoms in total. The Bertz CT molecular complexity index is 557. The first-order valence-electron chi connectivity index (χ1n) is 4.85. The number of carbonyl (C=O) groups is 1. The number of hydrogen-bond donors (Lipinski definition) is 3. The second-order valence-electron chi connectivity index (χ2n) is 3.20. The lowest BCUT2D eigenvalue weighted by Gasteiger charge is -2.02. The smallest absolute Gasteiger partial charge is 0.335 e. The van der Waals surface area contributed by atoms with Crippen LogP contribution in [0.3, 0.4) is 0 Å². The van der Waals surface area contributed by atoms with E-state index in [2.05, 4.69) is 21.9 Å². The molecule has 0 fully saturated rings. The van der Waals surface area contributed by atoms with Crippen LogP contribution in [0.4, 0.5) is 0 Å². The third-order valence-electron chi connectivity index (χ3n) is 1.96. The van der Waals surface area contributed by atoms with Crippen molar-refractivity contribution in [3.05, 3.63) is 33.7 Å². The SMILES string of the molecule is [N-]=[N+]=NCCC#Cc1c(O)cc(C(=O)O)cc1O. The Morgan fingerprint density at radius 1 is 1.39 bits per heavy atom. The summed E-state index contributed by atoms with van der Waals surface area (Å²) in [6.45, 7) is 0.179. The van der Waals surface area contributed by atoms with Crippen LogP contribution in [0.5, 0.6) is 11.5 Å². The molecule has 0 heterocycles. The number of azide groups is 1. The number of phenols is 2. The maximum Gasteiger partial charge on any atom is 0.335 e. The minimum Gasteiger partial charge on any atom is -0.506 e. The minimum atomic E-state index is -1.26. The maximum atomic E-state index is 10.6. The summed E-state index contributed by atoms with van der Waals surface area (Å²) >= 11 is 0. The average Bonchev–Trinajstić information content (AvgIpc) is 2.31. The molecule has 1 aromatic carbocycles. The maximum absolute atomic E-state index is 10.6. The van der Waals surface area contributed by atoms with E-state index in [0.29, 0.717) is 0 Å². The van der Waals surface area contributed by atoms with Crippen LogP contribution in [0.1, 0.15) is 22.3 Å². The van der Waals surface area contributed by atoms with E-state index in [1.807, 2.05) is 0 Å². The molecule has 92 valence electrons. The highest BCUT2D eigenvalue weighted by atomic mass is 16.4. The van der Waals surface area contributed by atoms with Gasteiger partial charge >= 0.3 is 5.97 Å². The van der Waals surface area contributed by atoms with Gasteiger partial charge in [0.2, 0.25) is 0 Å². The number of carboxylic acids is 1. The topological polar surface area (TPSA) is 127 Å². The van der Waals surface area contributed by atoms with Gasteiger partial charge in [0.05, 0.1) is 5.56 Å². The number of hydrogen-bond acceptors (Lipinski definition) is 4. The van der Waals surface area contributed by atoms with Gasteiger partial charge in [-0.2, -0.15) is 0 Å². The molecule has 0 radical (unpaired) electrons. The van der Waals surface area contributed by atoms with Crippen molar-refractivity contribution in [2.45, 2.75) is 6.42 Å². The minimum absolute atomic E-state index is 0.0547. The molecule has 0 bridgehead atoms. The Morgan fingerprint density at radius 2 is 2.00 bits per heavy atom. The zero-order chi connectivity index (χ0) is 13.5. The van der Waals surface area contributed by atoms with Crippen molar-refractivity contribution in [1.82, 2.24) is 0 Å². The summed E-state index contributed by atoms with van der Waals surface area (Å²) in [5.74, 6) is 2.98. The molecule has 7 heteroatoms. The molecular weight excluding hydrogens is 238 g/mol. The number of aromatic hydroxyl groups is 2. The van der Waals surface area contributed by atoms with Gasteiger partial charge in [0, 0.05) is 17.9 Å². The van der Waals surface area contributed by atoms with Gasteiger partial charge in [0.15, 0.2) is 0 Å². The first kappa shape index (κ1) is 13.2. The highest BCUT2D eigenvalue weighted by Crippen LogP contribution is 2.27. The molecule has 0 aliphatic carbocycles. The molecule has 0 saturated carbocycles. The van der Waals surface area contributed by atoms with Gasteiger partial charge in [-0.3, -0.25) is 0 Å². The molecule has 0 unspecified atom stereocenters. The van der Waals surface area contributed by atoms with Crippen molar-refractivity contribution in [3.63, 3.8) is 0 Å². The van der Waals surface area contributed by atoms with Crippen molar-refractivity contribution in [2.24, 2.45) is 5.11 Å². The summed E-state index contributed by atoms with van der Waals surface area (Å²) in [4.78, 5) is 13.2. The van der Waals surface area contributed by atoms with Crippen LogP contribution in [0.25, 0.3) is 10.4 Å². The predicted octanol–water partition coefficient (Wildman–Crippen LogP) is 1.85. The van der Waals surface area contributed by atoms with Crippen molar-refractivity contribution in [3.8, 4) is 23.3 Å². The number of rotatable bonds is 3. The fraction of sp³-hybridized carbons (Fsp3) is 0.182. The van der Waals surface area contributed by atoms with Gasteiger partial charge in [-0.25, -0.2) is 4.79 Å². The van der Waals surface area contributed by atoms with E-state index in [9.17, 15) is 15.0 Å². The van der Waals surface area contributed by atoms with Crippen molar-refractivity contribution < 1.29 is 20.1 Å². The average molecular weight is 247 g/mol. The third-order valence-corrected chi connectivity index (χ3v) is 1.96. The van der Waals surface area contributed by atoms with E-state index in [1.54, 1.807) is 0 Å². The van der Waals surface area contributed by atoms with Crippen molar-refractivity contribution in [1.29, 1.82) is 0 Å². The second-order valence-corrected chi connectivity index (χ2v) is 3.20. The lowest BCUT2D eigenvalue weighted by Crippen LogP contribution is -1.96. The van der Waals surface area contributed by atoms with Gasteiger partial charge in [-0.1, -0.05) is 17.0 Å². The Morgan fingerprint density at radius 3 is 2.50 bits per heavy atom. The van der Waals surface area contributed by atoms with Crippen LogP contribution in [0, 0.1) is 11.8 Å². The Hall–Kier alpha value is -2.84. The quantitative estimate of drug-likeness (QED) is 0.247. The third kappa shape index (κ3) is 3.33. The second kappa shape index (κ2) is 6.03. The van der Waals surface area contributed by atoms with Crippen LogP contribution in [0.15, 0.2) is 17.2 Å². The summed E-state index contributed by atoms with van der Waals surface area (Å²) in [5, 5.41) is 31.0. The Balaban J connectivity index is 2.96. The molecule has 0 spiro atoms. The van der Waals surface area contributed by atoms with Crippen LogP contribution >= 0.6 is 0 Å². The standard InChI is InChI=1S/C11H9N3O4/c12-14-13-4-2-1-3-8-9(15)5-7(11(17)18)6-10(8)16/h5-6,15-16H,2,4H2,(H,17,18).